The predicted molar refractivity (Wildman–Crippen MR) is 95.0 cm³/mol. The fraction of sp³-hybridized carbons (Fsp3) is 0.263. The zero-order chi connectivity index (χ0) is 17.8. The van der Waals surface area contributed by atoms with Gasteiger partial charge in [0.1, 0.15) is 5.82 Å². The van der Waals surface area contributed by atoms with Gasteiger partial charge < -0.3 is 15.1 Å². The molecule has 130 valence electrons. The Kier molecular flexibility index (Phi) is 4.97. The summed E-state index contributed by atoms with van der Waals surface area (Å²) >= 11 is 0. The number of rotatable bonds is 2. The predicted octanol–water partition coefficient (Wildman–Crippen LogP) is 2.42. The zero-order valence-electron chi connectivity index (χ0n) is 14.0. The lowest BCUT2D eigenvalue weighted by atomic mass is 10.2. The molecule has 0 unspecified atom stereocenters. The molecule has 2 aromatic rings. The van der Waals surface area contributed by atoms with Gasteiger partial charge in [0.25, 0.3) is 0 Å². The van der Waals surface area contributed by atoms with Crippen LogP contribution in [-0.2, 0) is 9.59 Å². The molecule has 1 fully saturated rings. The molecule has 1 N–H and O–H groups in total. The number of hydrogen-bond acceptors (Lipinski definition) is 3. The summed E-state index contributed by atoms with van der Waals surface area (Å²) in [6.45, 7) is 4.26. The van der Waals surface area contributed by atoms with Crippen molar-refractivity contribution in [2.24, 2.45) is 0 Å². The Balaban J connectivity index is 1.58. The van der Waals surface area contributed by atoms with E-state index in [-0.39, 0.29) is 5.69 Å². The summed E-state index contributed by atoms with van der Waals surface area (Å²) in [6.07, 6.45) is 0. The minimum Gasteiger partial charge on any atom is -0.368 e. The molecule has 6 heteroatoms. The first kappa shape index (κ1) is 17.0. The van der Waals surface area contributed by atoms with Crippen LogP contribution in [0.2, 0.25) is 0 Å². The van der Waals surface area contributed by atoms with Gasteiger partial charge in [0, 0.05) is 31.9 Å². The SMILES string of the molecule is Cc1cccc(N2CCN(C(=O)C(=O)Nc3ccccc3F)CC2)c1. The highest BCUT2D eigenvalue weighted by Crippen LogP contribution is 2.18. The van der Waals surface area contributed by atoms with Crippen LogP contribution in [0.4, 0.5) is 15.8 Å². The maximum absolute atomic E-state index is 13.6. The molecule has 0 aromatic heterocycles. The van der Waals surface area contributed by atoms with Gasteiger partial charge >= 0.3 is 11.8 Å². The summed E-state index contributed by atoms with van der Waals surface area (Å²) in [4.78, 5) is 28.0. The molecule has 1 heterocycles. The van der Waals surface area contributed by atoms with Gasteiger partial charge in [-0.2, -0.15) is 0 Å². The van der Waals surface area contributed by atoms with Crippen molar-refractivity contribution in [3.05, 3.63) is 59.9 Å². The minimum absolute atomic E-state index is 0.0132. The lowest BCUT2D eigenvalue weighted by molar-refractivity contribution is -0.143. The Morgan fingerprint density at radius 3 is 2.40 bits per heavy atom. The maximum Gasteiger partial charge on any atom is 0.313 e. The van der Waals surface area contributed by atoms with E-state index >= 15 is 0 Å². The van der Waals surface area contributed by atoms with Crippen molar-refractivity contribution in [3.63, 3.8) is 0 Å². The molecule has 5 nitrogen and oxygen atoms in total. The van der Waals surface area contributed by atoms with Crippen LogP contribution in [-0.4, -0.2) is 42.9 Å². The Labute approximate surface area is 146 Å². The van der Waals surface area contributed by atoms with Gasteiger partial charge in [0.05, 0.1) is 5.69 Å². The number of anilines is 2. The van der Waals surface area contributed by atoms with Gasteiger partial charge in [-0.25, -0.2) is 4.39 Å². The van der Waals surface area contributed by atoms with Crippen molar-refractivity contribution in [2.75, 3.05) is 36.4 Å². The number of hydrogen-bond donors (Lipinski definition) is 1. The molecule has 1 saturated heterocycles. The summed E-state index contributed by atoms with van der Waals surface area (Å²) in [5.41, 5.74) is 2.31. The lowest BCUT2D eigenvalue weighted by Crippen LogP contribution is -2.51. The van der Waals surface area contributed by atoms with E-state index in [1.807, 2.05) is 25.1 Å². The van der Waals surface area contributed by atoms with Crippen molar-refractivity contribution < 1.29 is 14.0 Å². The molecular formula is C19H20FN3O2. The standard InChI is InChI=1S/C19H20FN3O2/c1-14-5-4-6-15(13-14)22-9-11-23(12-10-22)19(25)18(24)21-17-8-3-2-7-16(17)20/h2-8,13H,9-12H2,1H3,(H,21,24). The second kappa shape index (κ2) is 7.34. The van der Waals surface area contributed by atoms with Crippen molar-refractivity contribution >= 4 is 23.2 Å². The number of carbonyl (C=O) groups is 2. The van der Waals surface area contributed by atoms with E-state index in [0.717, 1.165) is 5.69 Å². The van der Waals surface area contributed by atoms with Gasteiger partial charge in [-0.1, -0.05) is 24.3 Å². The summed E-state index contributed by atoms with van der Waals surface area (Å²) < 4.78 is 13.6. The Bertz CT molecular complexity index is 786. The molecule has 0 aliphatic carbocycles. The molecule has 1 aliphatic heterocycles. The van der Waals surface area contributed by atoms with Crippen LogP contribution >= 0.6 is 0 Å². The fourth-order valence-electron chi connectivity index (χ4n) is 2.87. The molecule has 0 atom stereocenters. The zero-order valence-corrected chi connectivity index (χ0v) is 14.0. The summed E-state index contributed by atoms with van der Waals surface area (Å²) in [5.74, 6) is -2.01. The quantitative estimate of drug-likeness (QED) is 0.854. The van der Waals surface area contributed by atoms with Gasteiger partial charge in [-0.3, -0.25) is 9.59 Å². The molecule has 1 aliphatic rings. The molecule has 25 heavy (non-hydrogen) atoms. The molecule has 0 saturated carbocycles. The number of nitrogens with one attached hydrogen (secondary N) is 1. The first-order valence-corrected chi connectivity index (χ1v) is 8.21. The van der Waals surface area contributed by atoms with E-state index < -0.39 is 17.6 Å². The molecule has 2 amide bonds. The first-order valence-electron chi connectivity index (χ1n) is 8.21. The van der Waals surface area contributed by atoms with Crippen LogP contribution in [0.1, 0.15) is 5.56 Å². The van der Waals surface area contributed by atoms with Crippen molar-refractivity contribution in [1.29, 1.82) is 0 Å². The number of benzene rings is 2. The monoisotopic (exact) mass is 341 g/mol. The maximum atomic E-state index is 13.6. The number of halogens is 1. The summed E-state index contributed by atoms with van der Waals surface area (Å²) in [7, 11) is 0. The first-order chi connectivity index (χ1) is 12.0. The number of carbonyl (C=O) groups excluding carboxylic acids is 2. The lowest BCUT2D eigenvalue weighted by Gasteiger charge is -2.35. The number of amides is 2. The molecular weight excluding hydrogens is 321 g/mol. The smallest absolute Gasteiger partial charge is 0.313 e. The van der Waals surface area contributed by atoms with Crippen LogP contribution in [0.25, 0.3) is 0 Å². The van der Waals surface area contributed by atoms with E-state index in [1.165, 1.54) is 28.7 Å². The Morgan fingerprint density at radius 2 is 1.72 bits per heavy atom. The molecule has 0 radical (unpaired) electrons. The number of para-hydroxylation sites is 1. The van der Waals surface area contributed by atoms with Crippen molar-refractivity contribution in [2.45, 2.75) is 6.92 Å². The second-order valence-corrected chi connectivity index (χ2v) is 6.05. The highest BCUT2D eigenvalue weighted by molar-refractivity contribution is 6.39. The van der Waals surface area contributed by atoms with Crippen molar-refractivity contribution in [1.82, 2.24) is 4.90 Å². The number of aryl methyl sites for hydroxylation is 1. The van der Waals surface area contributed by atoms with Crippen molar-refractivity contribution in [3.8, 4) is 0 Å². The van der Waals surface area contributed by atoms with Crippen LogP contribution in [0.15, 0.2) is 48.5 Å². The number of piperazine rings is 1. The normalized spacial score (nSPS) is 14.3. The highest BCUT2D eigenvalue weighted by Gasteiger charge is 2.26. The van der Waals surface area contributed by atoms with E-state index in [1.54, 1.807) is 6.07 Å². The van der Waals surface area contributed by atoms with Crippen LogP contribution in [0, 0.1) is 12.7 Å². The molecule has 0 spiro atoms. The van der Waals surface area contributed by atoms with E-state index in [2.05, 4.69) is 16.3 Å². The van der Waals surface area contributed by atoms with E-state index in [4.69, 9.17) is 0 Å². The second-order valence-electron chi connectivity index (χ2n) is 6.05. The third-order valence-electron chi connectivity index (χ3n) is 4.25. The third-order valence-corrected chi connectivity index (χ3v) is 4.25. The van der Waals surface area contributed by atoms with Gasteiger partial charge in [0.2, 0.25) is 0 Å². The largest absolute Gasteiger partial charge is 0.368 e. The molecule has 2 aromatic carbocycles. The Hall–Kier alpha value is -2.89. The van der Waals surface area contributed by atoms with Gasteiger partial charge in [0.15, 0.2) is 0 Å². The van der Waals surface area contributed by atoms with Crippen LogP contribution in [0.5, 0.6) is 0 Å². The average Bonchev–Trinajstić information content (AvgIpc) is 2.63. The highest BCUT2D eigenvalue weighted by atomic mass is 19.1. The van der Waals surface area contributed by atoms with Gasteiger partial charge in [-0.15, -0.1) is 0 Å². The minimum atomic E-state index is -0.811. The topological polar surface area (TPSA) is 52.7 Å². The van der Waals surface area contributed by atoms with Crippen LogP contribution in [0.3, 0.4) is 0 Å². The summed E-state index contributed by atoms with van der Waals surface area (Å²) in [6, 6.07) is 14.0. The summed E-state index contributed by atoms with van der Waals surface area (Å²) in [5, 5.41) is 2.34. The fourth-order valence-corrected chi connectivity index (χ4v) is 2.87. The van der Waals surface area contributed by atoms with E-state index in [0.29, 0.717) is 26.2 Å². The van der Waals surface area contributed by atoms with Crippen LogP contribution < -0.4 is 10.2 Å². The van der Waals surface area contributed by atoms with E-state index in [9.17, 15) is 14.0 Å². The Morgan fingerprint density at radius 1 is 1.00 bits per heavy atom. The molecule has 0 bridgehead atoms. The average molecular weight is 341 g/mol. The molecule has 3 rings (SSSR count). The third kappa shape index (κ3) is 3.96. The number of nitrogens with zero attached hydrogens (tertiary/aromatic N) is 2. The van der Waals surface area contributed by atoms with Gasteiger partial charge in [-0.05, 0) is 36.8 Å².